The third-order valence-electron chi connectivity index (χ3n) is 3.88. The molecule has 2 aromatic carbocycles. The molecule has 5 heteroatoms. The van der Waals surface area contributed by atoms with Crippen molar-refractivity contribution in [2.45, 2.75) is 13.8 Å². The maximum absolute atomic E-state index is 12.2. The lowest BCUT2D eigenvalue weighted by Crippen LogP contribution is -2.15. The quantitative estimate of drug-likeness (QED) is 0.570. The van der Waals surface area contributed by atoms with E-state index in [-0.39, 0.29) is 18.1 Å². The zero-order valence-electron chi connectivity index (χ0n) is 14.1. The summed E-state index contributed by atoms with van der Waals surface area (Å²) in [5.74, 6) is -0.832. The highest BCUT2D eigenvalue weighted by atomic mass is 16.5. The molecule has 0 saturated heterocycles. The lowest BCUT2D eigenvalue weighted by atomic mass is 10.0. The predicted molar refractivity (Wildman–Crippen MR) is 94.6 cm³/mol. The molecule has 0 aliphatic heterocycles. The minimum atomic E-state index is -0.604. The number of hydrogen-bond donors (Lipinski definition) is 1. The van der Waals surface area contributed by atoms with Crippen LogP contribution in [-0.4, -0.2) is 28.6 Å². The van der Waals surface area contributed by atoms with Crippen LogP contribution in [0.25, 0.3) is 11.3 Å². The van der Waals surface area contributed by atoms with Gasteiger partial charge in [0.1, 0.15) is 5.69 Å². The number of benzene rings is 2. The number of aryl methyl sites for hydroxylation is 2. The van der Waals surface area contributed by atoms with Crippen LogP contribution in [0.5, 0.6) is 0 Å². The van der Waals surface area contributed by atoms with Gasteiger partial charge in [-0.2, -0.15) is 5.10 Å². The minimum Gasteiger partial charge on any atom is -0.453 e. The van der Waals surface area contributed by atoms with Crippen LogP contribution < -0.4 is 0 Å². The van der Waals surface area contributed by atoms with Crippen molar-refractivity contribution in [2.24, 2.45) is 0 Å². The van der Waals surface area contributed by atoms with Gasteiger partial charge in [-0.3, -0.25) is 9.89 Å². The number of ketones is 1. The van der Waals surface area contributed by atoms with E-state index in [0.717, 1.165) is 16.7 Å². The van der Waals surface area contributed by atoms with E-state index in [0.29, 0.717) is 11.3 Å². The Labute approximate surface area is 145 Å². The molecule has 0 bridgehead atoms. The monoisotopic (exact) mass is 334 g/mol. The van der Waals surface area contributed by atoms with Crippen LogP contribution in [0, 0.1) is 13.8 Å². The first-order valence-electron chi connectivity index (χ1n) is 7.93. The first-order valence-corrected chi connectivity index (χ1v) is 7.93. The molecule has 5 nitrogen and oxygen atoms in total. The van der Waals surface area contributed by atoms with Crippen molar-refractivity contribution in [1.82, 2.24) is 10.2 Å². The highest BCUT2D eigenvalue weighted by Crippen LogP contribution is 2.17. The molecule has 1 N–H and O–H groups in total. The molecule has 0 aliphatic carbocycles. The number of Topliss-reactive ketones (excluding diaryl/α,β-unsaturated/α-hetero) is 1. The molecule has 0 fully saturated rings. The number of rotatable bonds is 5. The normalized spacial score (nSPS) is 10.5. The van der Waals surface area contributed by atoms with Gasteiger partial charge in [-0.05, 0) is 25.5 Å². The summed E-state index contributed by atoms with van der Waals surface area (Å²) < 4.78 is 5.12. The number of carbonyl (C=O) groups excluding carboxylic acids is 2. The van der Waals surface area contributed by atoms with Crippen LogP contribution in [0.3, 0.4) is 0 Å². The summed E-state index contributed by atoms with van der Waals surface area (Å²) in [6, 6.07) is 16.6. The van der Waals surface area contributed by atoms with Crippen molar-refractivity contribution in [3.8, 4) is 11.3 Å². The Morgan fingerprint density at radius 1 is 1.04 bits per heavy atom. The van der Waals surface area contributed by atoms with Gasteiger partial charge in [-0.25, -0.2) is 4.79 Å². The van der Waals surface area contributed by atoms with Gasteiger partial charge in [0.15, 0.2) is 6.61 Å². The molecule has 0 atom stereocenters. The smallest absolute Gasteiger partial charge is 0.356 e. The number of aromatic nitrogens is 2. The fourth-order valence-corrected chi connectivity index (χ4v) is 2.60. The summed E-state index contributed by atoms with van der Waals surface area (Å²) in [5.41, 5.74) is 4.27. The molecule has 3 aromatic rings. The molecule has 1 aromatic heterocycles. The van der Waals surface area contributed by atoms with E-state index in [9.17, 15) is 9.59 Å². The summed E-state index contributed by atoms with van der Waals surface area (Å²) >= 11 is 0. The number of nitrogens with one attached hydrogen (secondary N) is 1. The standard InChI is InChI=1S/C20H18N2O3/c1-13-8-9-16(14(2)10-13)19(23)12-25-20(24)18-11-17(21-22-18)15-6-4-3-5-7-15/h3-11H,12H2,1-2H3,(H,21,22). The van der Waals surface area contributed by atoms with Crippen molar-refractivity contribution >= 4 is 11.8 Å². The van der Waals surface area contributed by atoms with E-state index in [1.807, 2.05) is 56.3 Å². The molecule has 1 heterocycles. The van der Waals surface area contributed by atoms with Gasteiger partial charge in [0, 0.05) is 11.1 Å². The molecule has 0 aliphatic rings. The molecule has 0 radical (unpaired) electrons. The molecule has 25 heavy (non-hydrogen) atoms. The number of nitrogens with zero attached hydrogens (tertiary/aromatic N) is 1. The molecule has 0 unspecified atom stereocenters. The Bertz CT molecular complexity index is 914. The first-order chi connectivity index (χ1) is 12.0. The molecular formula is C20H18N2O3. The van der Waals surface area contributed by atoms with E-state index in [1.54, 1.807) is 12.1 Å². The van der Waals surface area contributed by atoms with E-state index in [2.05, 4.69) is 10.2 Å². The van der Waals surface area contributed by atoms with Gasteiger partial charge in [0.25, 0.3) is 0 Å². The third-order valence-corrected chi connectivity index (χ3v) is 3.88. The second-order valence-electron chi connectivity index (χ2n) is 5.85. The van der Waals surface area contributed by atoms with Crippen LogP contribution in [0.2, 0.25) is 0 Å². The number of H-pyrrole nitrogens is 1. The summed E-state index contributed by atoms with van der Waals surface area (Å²) in [6.45, 7) is 3.52. The number of carbonyl (C=O) groups is 2. The third kappa shape index (κ3) is 3.83. The number of hydrogen-bond acceptors (Lipinski definition) is 4. The van der Waals surface area contributed by atoms with Gasteiger partial charge in [0.05, 0.1) is 5.69 Å². The zero-order valence-corrected chi connectivity index (χ0v) is 14.1. The second kappa shape index (κ2) is 7.13. The first kappa shape index (κ1) is 16.6. The average Bonchev–Trinajstić information content (AvgIpc) is 3.10. The molecular weight excluding hydrogens is 316 g/mol. The highest BCUT2D eigenvalue weighted by Gasteiger charge is 2.16. The van der Waals surface area contributed by atoms with Crippen molar-refractivity contribution < 1.29 is 14.3 Å². The SMILES string of the molecule is Cc1ccc(C(=O)COC(=O)c2cc(-c3ccccc3)n[nH]2)c(C)c1. The topological polar surface area (TPSA) is 72.1 Å². The Hall–Kier alpha value is -3.21. The number of aromatic amines is 1. The van der Waals surface area contributed by atoms with Gasteiger partial charge < -0.3 is 4.74 Å². The lowest BCUT2D eigenvalue weighted by Gasteiger charge is -2.06. The van der Waals surface area contributed by atoms with Crippen molar-refractivity contribution in [3.63, 3.8) is 0 Å². The lowest BCUT2D eigenvalue weighted by molar-refractivity contribution is 0.0468. The van der Waals surface area contributed by atoms with Crippen LogP contribution in [0.4, 0.5) is 0 Å². The summed E-state index contributed by atoms with van der Waals surface area (Å²) in [4.78, 5) is 24.4. The maximum atomic E-state index is 12.2. The van der Waals surface area contributed by atoms with Crippen LogP contribution in [0.15, 0.2) is 54.6 Å². The summed E-state index contributed by atoms with van der Waals surface area (Å²) in [7, 11) is 0. The average molecular weight is 334 g/mol. The van der Waals surface area contributed by atoms with E-state index in [1.165, 1.54) is 0 Å². The predicted octanol–water partition coefficient (Wildman–Crippen LogP) is 3.73. The molecule has 0 spiro atoms. The summed E-state index contributed by atoms with van der Waals surface area (Å²) in [6.07, 6.45) is 0. The van der Waals surface area contributed by atoms with Crippen molar-refractivity contribution in [3.05, 3.63) is 77.0 Å². The Morgan fingerprint density at radius 2 is 1.80 bits per heavy atom. The molecule has 126 valence electrons. The second-order valence-corrected chi connectivity index (χ2v) is 5.85. The number of ether oxygens (including phenoxy) is 1. The molecule has 3 rings (SSSR count). The molecule has 0 amide bonds. The van der Waals surface area contributed by atoms with Gasteiger partial charge in [-0.15, -0.1) is 0 Å². The Morgan fingerprint density at radius 3 is 2.52 bits per heavy atom. The Kier molecular flexibility index (Phi) is 4.75. The minimum absolute atomic E-state index is 0.215. The van der Waals surface area contributed by atoms with E-state index in [4.69, 9.17) is 4.74 Å². The zero-order chi connectivity index (χ0) is 17.8. The van der Waals surface area contributed by atoms with E-state index >= 15 is 0 Å². The van der Waals surface area contributed by atoms with Crippen molar-refractivity contribution in [1.29, 1.82) is 0 Å². The maximum Gasteiger partial charge on any atom is 0.356 e. The van der Waals surface area contributed by atoms with Gasteiger partial charge >= 0.3 is 5.97 Å². The van der Waals surface area contributed by atoms with Crippen molar-refractivity contribution in [2.75, 3.05) is 6.61 Å². The van der Waals surface area contributed by atoms with Crippen LogP contribution in [-0.2, 0) is 4.74 Å². The fraction of sp³-hybridized carbons (Fsp3) is 0.150. The molecule has 0 saturated carbocycles. The number of esters is 1. The van der Waals surface area contributed by atoms with Crippen LogP contribution in [0.1, 0.15) is 32.0 Å². The summed E-state index contributed by atoms with van der Waals surface area (Å²) in [5, 5.41) is 6.76. The van der Waals surface area contributed by atoms with Gasteiger partial charge in [-0.1, -0.05) is 54.1 Å². The largest absolute Gasteiger partial charge is 0.453 e. The Balaban J connectivity index is 1.65. The van der Waals surface area contributed by atoms with E-state index < -0.39 is 5.97 Å². The fourth-order valence-electron chi connectivity index (χ4n) is 2.60. The van der Waals surface area contributed by atoms with Gasteiger partial charge in [0.2, 0.25) is 5.78 Å². The highest BCUT2D eigenvalue weighted by molar-refractivity contribution is 6.00. The van der Waals surface area contributed by atoms with Crippen LogP contribution >= 0.6 is 0 Å².